The Morgan fingerprint density at radius 3 is 2.32 bits per heavy atom. The summed E-state index contributed by atoms with van der Waals surface area (Å²) in [5.74, 6) is 0. The van der Waals surface area contributed by atoms with Gasteiger partial charge >= 0.3 is 0 Å². The highest BCUT2D eigenvalue weighted by atomic mass is 28.3. The van der Waals surface area contributed by atoms with Crippen molar-refractivity contribution < 1.29 is 9.47 Å². The summed E-state index contributed by atoms with van der Waals surface area (Å²) in [6.07, 6.45) is 1.54. The van der Waals surface area contributed by atoms with Crippen LogP contribution in [0.3, 0.4) is 0 Å². The Morgan fingerprint density at radius 2 is 1.77 bits per heavy atom. The van der Waals surface area contributed by atoms with Crippen LogP contribution in [-0.2, 0) is 9.47 Å². The summed E-state index contributed by atoms with van der Waals surface area (Å²) in [5.41, 5.74) is 2.16. The smallest absolute Gasteiger partial charge is 0.104 e. The molecule has 1 saturated heterocycles. The highest BCUT2D eigenvalue weighted by Crippen LogP contribution is 2.14. The fourth-order valence-electron chi connectivity index (χ4n) is 2.61. The van der Waals surface area contributed by atoms with Gasteiger partial charge in [0.1, 0.15) is 14.2 Å². The maximum absolute atomic E-state index is 5.66. The largest absolute Gasteiger partial charge is 0.379 e. The highest BCUT2D eigenvalue weighted by molar-refractivity contribution is 6.94. The molecule has 122 valence electrons. The van der Waals surface area contributed by atoms with Crippen molar-refractivity contribution in [3.05, 3.63) is 36.5 Å². The van der Waals surface area contributed by atoms with E-state index >= 15 is 0 Å². The maximum atomic E-state index is 5.66. The van der Waals surface area contributed by atoms with Crippen LogP contribution in [0.25, 0.3) is 0 Å². The molecule has 1 aromatic carbocycles. The second-order valence-electron chi connectivity index (χ2n) is 7.52. The van der Waals surface area contributed by atoms with Gasteiger partial charge in [0.25, 0.3) is 0 Å². The van der Waals surface area contributed by atoms with Crippen LogP contribution >= 0.6 is 0 Å². The molecule has 0 amide bonds. The summed E-state index contributed by atoms with van der Waals surface area (Å²) in [5, 5.41) is 3.03. The molecule has 0 radical (unpaired) electrons. The Balaban J connectivity index is 1.86. The van der Waals surface area contributed by atoms with Crippen molar-refractivity contribution in [2.75, 3.05) is 19.8 Å². The summed E-state index contributed by atoms with van der Waals surface area (Å²) in [6.45, 7) is 16.1. The summed E-state index contributed by atoms with van der Waals surface area (Å²) in [6, 6.07) is 10.7. The molecule has 2 rings (SSSR count). The molecule has 0 aliphatic carbocycles. The fraction of sp³-hybridized carbons (Fsp3) is 0.556. The number of hydrogen-bond acceptors (Lipinski definition) is 2. The minimum absolute atomic E-state index is 0.384. The van der Waals surface area contributed by atoms with Gasteiger partial charge in [0.05, 0.1) is 21.3 Å². The van der Waals surface area contributed by atoms with Crippen LogP contribution in [0.1, 0.15) is 6.42 Å². The quantitative estimate of drug-likeness (QED) is 0.393. The van der Waals surface area contributed by atoms with Gasteiger partial charge in [-0.25, -0.2) is 0 Å². The SMILES string of the molecule is C=C[Si](C)(C)c1ccc([Si](C)(C)CCCOCC2CO2)cc1. The van der Waals surface area contributed by atoms with Crippen LogP contribution in [0.2, 0.25) is 32.2 Å². The third-order valence-corrected chi connectivity index (χ3v) is 11.1. The molecule has 0 N–H and O–H groups in total. The molecule has 0 spiro atoms. The Labute approximate surface area is 137 Å². The Morgan fingerprint density at radius 1 is 1.18 bits per heavy atom. The summed E-state index contributed by atoms with van der Waals surface area (Å²) >= 11 is 0. The van der Waals surface area contributed by atoms with Gasteiger partial charge in [-0.05, 0) is 6.42 Å². The highest BCUT2D eigenvalue weighted by Gasteiger charge is 2.25. The Bertz CT molecular complexity index is 490. The molecule has 1 unspecified atom stereocenters. The zero-order valence-electron chi connectivity index (χ0n) is 14.5. The number of benzene rings is 1. The van der Waals surface area contributed by atoms with Crippen LogP contribution in [0.4, 0.5) is 0 Å². The zero-order chi connectivity index (χ0) is 16.2. The summed E-state index contributed by atoms with van der Waals surface area (Å²) in [4.78, 5) is 0. The first-order chi connectivity index (χ1) is 10.3. The van der Waals surface area contributed by atoms with E-state index < -0.39 is 16.1 Å². The molecule has 1 heterocycles. The average Bonchev–Trinajstić information content (AvgIpc) is 3.31. The second kappa shape index (κ2) is 7.26. The van der Waals surface area contributed by atoms with Crippen molar-refractivity contribution in [2.24, 2.45) is 0 Å². The van der Waals surface area contributed by atoms with Crippen molar-refractivity contribution in [3.63, 3.8) is 0 Å². The minimum Gasteiger partial charge on any atom is -0.379 e. The molecule has 4 heteroatoms. The third-order valence-electron chi connectivity index (χ3n) is 4.72. The van der Waals surface area contributed by atoms with E-state index in [0.717, 1.165) is 26.2 Å². The van der Waals surface area contributed by atoms with Crippen molar-refractivity contribution in [1.82, 2.24) is 0 Å². The van der Waals surface area contributed by atoms with Gasteiger partial charge in [0, 0.05) is 6.61 Å². The molecule has 0 aromatic heterocycles. The van der Waals surface area contributed by atoms with Gasteiger partial charge in [-0.1, -0.05) is 72.6 Å². The monoisotopic (exact) mass is 334 g/mol. The number of epoxide rings is 1. The summed E-state index contributed by atoms with van der Waals surface area (Å²) < 4.78 is 10.8. The molecule has 1 aliphatic rings. The maximum Gasteiger partial charge on any atom is 0.104 e. The molecule has 0 bridgehead atoms. The van der Waals surface area contributed by atoms with Gasteiger partial charge in [0.15, 0.2) is 0 Å². The molecule has 1 aromatic rings. The predicted molar refractivity (Wildman–Crippen MR) is 101 cm³/mol. The standard InChI is InChI=1S/C18H30O2Si2/c1-6-21(2,3)17-8-10-18(11-9-17)22(4,5)13-7-12-19-14-16-15-20-16/h6,8-11,16H,1,7,12-15H2,2-5H3. The third kappa shape index (κ3) is 4.91. The predicted octanol–water partition coefficient (Wildman–Crippen LogP) is 3.05. The molecule has 1 fully saturated rings. The molecule has 22 heavy (non-hydrogen) atoms. The van der Waals surface area contributed by atoms with E-state index in [2.05, 4.69) is 62.7 Å². The Kier molecular flexibility index (Phi) is 5.83. The van der Waals surface area contributed by atoms with E-state index in [1.54, 1.807) is 5.19 Å². The molecular formula is C18H30O2Si2. The minimum atomic E-state index is -1.43. The fourth-order valence-corrected chi connectivity index (χ4v) is 6.26. The lowest BCUT2D eigenvalue weighted by atomic mass is 10.4. The second-order valence-corrected chi connectivity index (χ2v) is 16.8. The van der Waals surface area contributed by atoms with Crippen LogP contribution in [-0.4, -0.2) is 42.1 Å². The van der Waals surface area contributed by atoms with Crippen molar-refractivity contribution in [3.8, 4) is 0 Å². The molecular weight excluding hydrogens is 304 g/mol. The van der Waals surface area contributed by atoms with Gasteiger partial charge in [-0.15, -0.1) is 6.58 Å². The van der Waals surface area contributed by atoms with Crippen LogP contribution in [0, 0.1) is 0 Å². The van der Waals surface area contributed by atoms with Crippen molar-refractivity contribution in [2.45, 2.75) is 44.8 Å². The molecule has 0 saturated carbocycles. The average molecular weight is 335 g/mol. The topological polar surface area (TPSA) is 21.8 Å². The lowest BCUT2D eigenvalue weighted by Gasteiger charge is -2.25. The van der Waals surface area contributed by atoms with Gasteiger partial charge in [0.2, 0.25) is 0 Å². The first-order valence-corrected chi connectivity index (χ1v) is 14.6. The first-order valence-electron chi connectivity index (χ1n) is 8.29. The number of ether oxygens (including phenoxy) is 2. The molecule has 1 atom stereocenters. The molecule has 2 nitrogen and oxygen atoms in total. The number of rotatable bonds is 9. The Hall–Kier alpha value is -0.686. The normalized spacial score (nSPS) is 18.3. The van der Waals surface area contributed by atoms with Gasteiger partial charge < -0.3 is 9.47 Å². The van der Waals surface area contributed by atoms with E-state index in [1.165, 1.54) is 11.2 Å². The van der Waals surface area contributed by atoms with Crippen molar-refractivity contribution >= 4 is 26.5 Å². The lowest BCUT2D eigenvalue weighted by molar-refractivity contribution is 0.117. The van der Waals surface area contributed by atoms with Gasteiger partial charge in [-0.3, -0.25) is 0 Å². The van der Waals surface area contributed by atoms with E-state index in [9.17, 15) is 0 Å². The zero-order valence-corrected chi connectivity index (χ0v) is 16.5. The van der Waals surface area contributed by atoms with E-state index in [0.29, 0.717) is 6.10 Å². The van der Waals surface area contributed by atoms with Crippen LogP contribution in [0.5, 0.6) is 0 Å². The van der Waals surface area contributed by atoms with E-state index in [1.807, 2.05) is 0 Å². The van der Waals surface area contributed by atoms with E-state index in [-0.39, 0.29) is 0 Å². The van der Waals surface area contributed by atoms with Crippen LogP contribution < -0.4 is 10.4 Å². The summed E-state index contributed by atoms with van der Waals surface area (Å²) in [7, 11) is -2.78. The van der Waals surface area contributed by atoms with Crippen LogP contribution in [0.15, 0.2) is 36.5 Å². The van der Waals surface area contributed by atoms with Crippen molar-refractivity contribution in [1.29, 1.82) is 0 Å². The lowest BCUT2D eigenvalue weighted by Crippen LogP contribution is -2.44. The number of hydrogen-bond donors (Lipinski definition) is 0. The van der Waals surface area contributed by atoms with E-state index in [4.69, 9.17) is 9.47 Å². The van der Waals surface area contributed by atoms with Gasteiger partial charge in [-0.2, -0.15) is 0 Å². The molecule has 1 aliphatic heterocycles. The first kappa shape index (κ1) is 17.7.